The fourth-order valence-corrected chi connectivity index (χ4v) is 10.7. The summed E-state index contributed by atoms with van der Waals surface area (Å²) < 4.78 is 26.2. The summed E-state index contributed by atoms with van der Waals surface area (Å²) >= 11 is -2.76. The minimum Gasteiger partial charge on any atom is -0.477 e. The van der Waals surface area contributed by atoms with Crippen LogP contribution in [0.3, 0.4) is 0 Å². The summed E-state index contributed by atoms with van der Waals surface area (Å²) in [6, 6.07) is 10.2. The Morgan fingerprint density at radius 2 is 1.06 bits per heavy atom. The number of ether oxygens (including phenoxy) is 2. The second-order valence-electron chi connectivity index (χ2n) is 11.1. The largest absolute Gasteiger partial charge is 0.477 e. The molecule has 1 fully saturated rings. The zero-order valence-electron chi connectivity index (χ0n) is 21.8. The van der Waals surface area contributed by atoms with E-state index in [4.69, 9.17) is 17.1 Å². The predicted octanol–water partition coefficient (Wildman–Crippen LogP) is 7.41. The Morgan fingerprint density at radius 3 is 1.41 bits per heavy atom. The van der Waals surface area contributed by atoms with Crippen LogP contribution >= 0.6 is 0 Å². The van der Waals surface area contributed by atoms with Crippen molar-refractivity contribution in [2.75, 3.05) is 0 Å². The average Bonchev–Trinajstić information content (AvgIpc) is 2.66. The van der Waals surface area contributed by atoms with Gasteiger partial charge >= 0.3 is 29.0 Å². The topological polar surface area (TPSA) is 36.9 Å². The Labute approximate surface area is 206 Å². The molecule has 6 heteroatoms. The third-order valence-electron chi connectivity index (χ3n) is 5.63. The number of hydrogen-bond acceptors (Lipinski definition) is 4. The molecule has 0 bridgehead atoms. The van der Waals surface area contributed by atoms with Crippen molar-refractivity contribution in [2.45, 2.75) is 102 Å². The molecule has 0 saturated carbocycles. The lowest BCUT2D eigenvalue weighted by atomic mass is 10.2. The van der Waals surface area contributed by atoms with E-state index in [1.165, 1.54) is 21.1 Å². The van der Waals surface area contributed by atoms with E-state index in [9.17, 15) is 0 Å². The Morgan fingerprint density at radius 1 is 0.688 bits per heavy atom. The van der Waals surface area contributed by atoms with E-state index in [-0.39, 0.29) is 12.6 Å². The molecule has 4 nitrogen and oxygen atoms in total. The molecule has 32 heavy (non-hydrogen) atoms. The van der Waals surface area contributed by atoms with Crippen LogP contribution in [-0.4, -0.2) is 41.5 Å². The second-order valence-corrected chi connectivity index (χ2v) is 16.1. The van der Waals surface area contributed by atoms with E-state index in [2.05, 4.69) is 67.5 Å². The van der Waals surface area contributed by atoms with Crippen molar-refractivity contribution in [3.8, 4) is 0 Å². The average molecular weight is 477 g/mol. The summed E-state index contributed by atoms with van der Waals surface area (Å²) in [6.45, 7) is 18.3. The van der Waals surface area contributed by atoms with Crippen LogP contribution in [-0.2, 0) is 17.1 Å². The first-order chi connectivity index (χ1) is 15.1. The van der Waals surface area contributed by atoms with Crippen LogP contribution in [0, 0.1) is 23.7 Å². The zero-order valence-corrected chi connectivity index (χ0v) is 24.1. The van der Waals surface area contributed by atoms with Gasteiger partial charge in [-0.05, 0) is 0 Å². The smallest absolute Gasteiger partial charge is 0.463 e. The summed E-state index contributed by atoms with van der Waals surface area (Å²) in [5, 5.41) is 4.72. The fourth-order valence-electron chi connectivity index (χ4n) is 4.47. The first-order valence-electron chi connectivity index (χ1n) is 12.8. The molecule has 1 aromatic rings. The first kappa shape index (κ1) is 28.4. The van der Waals surface area contributed by atoms with Crippen LogP contribution in [0.15, 0.2) is 30.3 Å². The van der Waals surface area contributed by atoms with Gasteiger partial charge in [0.25, 0.3) is 0 Å². The van der Waals surface area contributed by atoms with Gasteiger partial charge in [0.1, 0.15) is 12.6 Å². The molecule has 1 aliphatic rings. The Balaban J connectivity index is 2.16. The van der Waals surface area contributed by atoms with Crippen molar-refractivity contribution in [1.82, 2.24) is 0 Å². The SMILES string of the molecule is CC(C)[CH2][Al]([CH2]C(C)C)[O][C@@H]1C[C@H]([O][Al]([CH2]C(C)C)[CH2]C(C)C)OC(c2ccccc2)O1. The van der Waals surface area contributed by atoms with E-state index < -0.39 is 35.3 Å². The van der Waals surface area contributed by atoms with Gasteiger partial charge < -0.3 is 17.1 Å². The third-order valence-corrected chi connectivity index (χ3v) is 12.9. The van der Waals surface area contributed by atoms with Crippen molar-refractivity contribution in [3.05, 3.63) is 35.9 Å². The van der Waals surface area contributed by atoms with Crippen molar-refractivity contribution < 1.29 is 17.1 Å². The summed E-state index contributed by atoms with van der Waals surface area (Å²) in [5.41, 5.74) is 1.03. The summed E-state index contributed by atoms with van der Waals surface area (Å²) in [5.74, 6) is 2.60. The molecule has 0 aliphatic carbocycles. The standard InChI is InChI=1S/C10H10O4.4C4H9.2Al/c11-8-6-9(12)14-10(13-8)7-4-2-1-3-5-7;4*1-4(2)3;;/h1-5,8-10H,6H2;4*4H,1H2,2-3H3;;/q-2;;;;;2*+1/t8-,9+,10?;;;;;;. The van der Waals surface area contributed by atoms with Gasteiger partial charge in [-0.1, -0.05) is 131 Å². The van der Waals surface area contributed by atoms with Gasteiger partial charge in [-0.3, -0.25) is 0 Å². The van der Waals surface area contributed by atoms with E-state index in [1.807, 2.05) is 18.2 Å². The van der Waals surface area contributed by atoms with Crippen LogP contribution in [0.4, 0.5) is 0 Å². The van der Waals surface area contributed by atoms with Crippen molar-refractivity contribution in [1.29, 1.82) is 0 Å². The molecule has 3 atom stereocenters. The van der Waals surface area contributed by atoms with Gasteiger partial charge in [0.2, 0.25) is 0 Å². The Bertz CT molecular complexity index is 570. The highest BCUT2D eigenvalue weighted by molar-refractivity contribution is 6.52. The van der Waals surface area contributed by atoms with Crippen LogP contribution in [0.5, 0.6) is 0 Å². The highest BCUT2D eigenvalue weighted by Gasteiger charge is 2.37. The summed E-state index contributed by atoms with van der Waals surface area (Å²) in [7, 11) is 0. The van der Waals surface area contributed by atoms with Gasteiger partial charge in [0.05, 0.1) is 0 Å². The molecule has 2 rings (SSSR count). The summed E-state index contributed by atoms with van der Waals surface area (Å²) in [6.07, 6.45) is -0.259. The maximum Gasteiger partial charge on any atom is 0.463 e. The number of hydrogen-bond donors (Lipinski definition) is 0. The minimum atomic E-state index is -1.38. The maximum absolute atomic E-state index is 6.71. The van der Waals surface area contributed by atoms with Crippen molar-refractivity contribution in [2.24, 2.45) is 23.7 Å². The molecule has 0 amide bonds. The monoisotopic (exact) mass is 476 g/mol. The molecule has 180 valence electrons. The predicted molar refractivity (Wildman–Crippen MR) is 136 cm³/mol. The Hall–Kier alpha value is 0.125. The molecular formula is C26H46Al2O4. The van der Waals surface area contributed by atoms with Gasteiger partial charge in [0, 0.05) is 12.0 Å². The molecular weight excluding hydrogens is 430 g/mol. The molecule has 0 aromatic heterocycles. The highest BCUT2D eigenvalue weighted by atomic mass is 27.2. The van der Waals surface area contributed by atoms with Gasteiger partial charge in [-0.2, -0.15) is 0 Å². The van der Waals surface area contributed by atoms with Crippen molar-refractivity contribution in [3.63, 3.8) is 0 Å². The lowest BCUT2D eigenvalue weighted by molar-refractivity contribution is -0.327. The first-order valence-corrected chi connectivity index (χ1v) is 17.0. The maximum atomic E-state index is 6.71. The van der Waals surface area contributed by atoms with Crippen LogP contribution in [0.2, 0.25) is 21.1 Å². The molecule has 0 N–H and O–H groups in total. The molecule has 1 unspecified atom stereocenters. The number of benzene rings is 1. The second kappa shape index (κ2) is 14.5. The normalized spacial score (nSPS) is 21.7. The summed E-state index contributed by atoms with van der Waals surface area (Å²) in [4.78, 5) is 0. The van der Waals surface area contributed by atoms with E-state index in [1.54, 1.807) is 0 Å². The van der Waals surface area contributed by atoms with Crippen LogP contribution in [0.25, 0.3) is 0 Å². The highest BCUT2D eigenvalue weighted by Crippen LogP contribution is 2.33. The van der Waals surface area contributed by atoms with Crippen molar-refractivity contribution >= 4 is 29.0 Å². The fraction of sp³-hybridized carbons (Fsp3) is 0.769. The van der Waals surface area contributed by atoms with Crippen LogP contribution in [0.1, 0.15) is 73.7 Å². The van der Waals surface area contributed by atoms with Crippen LogP contribution < -0.4 is 0 Å². The molecule has 1 saturated heterocycles. The van der Waals surface area contributed by atoms with E-state index in [0.29, 0.717) is 30.1 Å². The lowest BCUT2D eigenvalue weighted by Crippen LogP contribution is -2.42. The lowest BCUT2D eigenvalue weighted by Gasteiger charge is -2.39. The third kappa shape index (κ3) is 11.0. The molecule has 1 aliphatic heterocycles. The van der Waals surface area contributed by atoms with Gasteiger partial charge in [-0.15, -0.1) is 0 Å². The van der Waals surface area contributed by atoms with Gasteiger partial charge in [0.15, 0.2) is 6.29 Å². The minimum absolute atomic E-state index is 0.249. The zero-order chi connectivity index (χ0) is 23.7. The quantitative estimate of drug-likeness (QED) is 0.278. The van der Waals surface area contributed by atoms with E-state index >= 15 is 0 Å². The Kier molecular flexibility index (Phi) is 12.9. The van der Waals surface area contributed by atoms with E-state index in [0.717, 1.165) is 5.56 Å². The molecule has 0 spiro atoms. The molecule has 1 aromatic carbocycles. The molecule has 1 heterocycles. The van der Waals surface area contributed by atoms with Gasteiger partial charge in [-0.25, -0.2) is 0 Å². The molecule has 0 radical (unpaired) electrons. The number of rotatable bonds is 13.